The molecule has 0 bridgehead atoms. The molecule has 1 heterocycles. The second-order valence-electron chi connectivity index (χ2n) is 7.44. The quantitative estimate of drug-likeness (QED) is 0.383. The summed E-state index contributed by atoms with van der Waals surface area (Å²) < 4.78 is 0. The average molecular weight is 446 g/mol. The highest BCUT2D eigenvalue weighted by Crippen LogP contribution is 2.20. The average Bonchev–Trinajstić information content (AvgIpc) is 3.22. The predicted molar refractivity (Wildman–Crippen MR) is 113 cm³/mol. The number of anilines is 1. The number of rotatable bonds is 9. The van der Waals surface area contributed by atoms with Crippen LogP contribution in [0, 0.1) is 6.92 Å². The molecule has 1 aromatic carbocycles. The van der Waals surface area contributed by atoms with Gasteiger partial charge in [-0.2, -0.15) is 0 Å². The summed E-state index contributed by atoms with van der Waals surface area (Å²) in [4.78, 5) is 72.0. The van der Waals surface area contributed by atoms with E-state index in [-0.39, 0.29) is 12.5 Å². The van der Waals surface area contributed by atoms with E-state index in [4.69, 9.17) is 5.11 Å². The zero-order valence-electron chi connectivity index (χ0n) is 17.8. The molecule has 1 aromatic rings. The van der Waals surface area contributed by atoms with Crippen LogP contribution in [-0.4, -0.2) is 71.1 Å². The molecule has 0 spiro atoms. The minimum absolute atomic E-state index is 0.278. The number of nitrogens with one attached hydrogen (secondary N) is 3. The molecule has 32 heavy (non-hydrogen) atoms. The van der Waals surface area contributed by atoms with Crippen LogP contribution in [-0.2, 0) is 24.0 Å². The summed E-state index contributed by atoms with van der Waals surface area (Å²) in [5.74, 6) is -3.11. The molecule has 0 unspecified atom stereocenters. The first-order valence-electron chi connectivity index (χ1n) is 10.1. The van der Waals surface area contributed by atoms with E-state index >= 15 is 0 Å². The fourth-order valence-corrected chi connectivity index (χ4v) is 3.50. The van der Waals surface area contributed by atoms with Crippen molar-refractivity contribution in [2.24, 2.45) is 0 Å². The number of hydrogen-bond donors (Lipinski definition) is 4. The fourth-order valence-electron chi connectivity index (χ4n) is 3.50. The molecule has 11 nitrogen and oxygen atoms in total. The Morgan fingerprint density at radius 2 is 1.97 bits per heavy atom. The van der Waals surface area contributed by atoms with Crippen molar-refractivity contribution in [3.8, 4) is 0 Å². The van der Waals surface area contributed by atoms with Gasteiger partial charge in [-0.3, -0.25) is 24.0 Å². The molecule has 4 N–H and O–H groups in total. The van der Waals surface area contributed by atoms with Crippen LogP contribution in [0.2, 0.25) is 0 Å². The summed E-state index contributed by atoms with van der Waals surface area (Å²) in [5, 5.41) is 16.3. The van der Waals surface area contributed by atoms with Crippen LogP contribution >= 0.6 is 0 Å². The standard InChI is InChI=1S/C21H26N4O7/c1-12-15(5-3-6-16(12)23-13(2)27)20(31)22-10-18(28)25-8-4-7-17(25)21(32)24-14(11-26)9-19(29)30/h3,5-6,11,14,17H,4,7-10H2,1-2H3,(H,22,31)(H,23,27)(H,24,32)(H,29,30)/t14-,17-/m0/s1. The lowest BCUT2D eigenvalue weighted by atomic mass is 10.1. The number of amides is 4. The number of aldehydes is 1. The second-order valence-corrected chi connectivity index (χ2v) is 7.44. The van der Waals surface area contributed by atoms with Crippen molar-refractivity contribution in [2.75, 3.05) is 18.4 Å². The Bertz CT molecular complexity index is 931. The molecule has 1 fully saturated rings. The van der Waals surface area contributed by atoms with Gasteiger partial charge < -0.3 is 30.8 Å². The molecule has 1 aliphatic heterocycles. The largest absolute Gasteiger partial charge is 0.481 e. The molecule has 1 saturated heterocycles. The zero-order chi connectivity index (χ0) is 23.8. The number of hydrogen-bond acceptors (Lipinski definition) is 6. The van der Waals surface area contributed by atoms with Crippen LogP contribution in [0.25, 0.3) is 0 Å². The lowest BCUT2D eigenvalue weighted by molar-refractivity contribution is -0.140. The van der Waals surface area contributed by atoms with Gasteiger partial charge in [-0.05, 0) is 37.5 Å². The molecule has 0 aromatic heterocycles. The molecule has 0 saturated carbocycles. The monoisotopic (exact) mass is 446 g/mol. The first-order chi connectivity index (χ1) is 15.1. The van der Waals surface area contributed by atoms with Crippen LogP contribution < -0.4 is 16.0 Å². The smallest absolute Gasteiger partial charge is 0.305 e. The van der Waals surface area contributed by atoms with Gasteiger partial charge in [0.1, 0.15) is 12.3 Å². The number of benzene rings is 1. The number of likely N-dealkylation sites (tertiary alicyclic amines) is 1. The summed E-state index contributed by atoms with van der Waals surface area (Å²) in [6, 6.07) is 2.80. The summed E-state index contributed by atoms with van der Waals surface area (Å²) in [6.07, 6.45) is 0.704. The summed E-state index contributed by atoms with van der Waals surface area (Å²) in [6.45, 7) is 2.98. The third-order valence-electron chi connectivity index (χ3n) is 5.05. The first kappa shape index (κ1) is 24.5. The minimum Gasteiger partial charge on any atom is -0.481 e. The third-order valence-corrected chi connectivity index (χ3v) is 5.05. The molecular formula is C21H26N4O7. The molecular weight excluding hydrogens is 420 g/mol. The van der Waals surface area contributed by atoms with Crippen molar-refractivity contribution in [2.45, 2.75) is 45.2 Å². The second kappa shape index (κ2) is 11.0. The molecule has 11 heteroatoms. The summed E-state index contributed by atoms with van der Waals surface area (Å²) in [5.41, 5.74) is 1.32. The third kappa shape index (κ3) is 6.37. The van der Waals surface area contributed by atoms with Crippen molar-refractivity contribution in [1.29, 1.82) is 0 Å². The number of carbonyl (C=O) groups is 6. The SMILES string of the molecule is CC(=O)Nc1cccc(C(=O)NCC(=O)N2CCC[C@H]2C(=O)N[C@H](C=O)CC(=O)O)c1C. The number of carboxylic acids is 1. The lowest BCUT2D eigenvalue weighted by Gasteiger charge is -2.25. The normalized spacial score (nSPS) is 16.1. The van der Waals surface area contributed by atoms with Gasteiger partial charge in [-0.1, -0.05) is 6.07 Å². The molecule has 172 valence electrons. The van der Waals surface area contributed by atoms with Crippen LogP contribution in [0.4, 0.5) is 5.69 Å². The number of carboxylic acid groups (broad SMARTS) is 1. The highest BCUT2D eigenvalue weighted by Gasteiger charge is 2.35. The lowest BCUT2D eigenvalue weighted by Crippen LogP contribution is -2.51. The van der Waals surface area contributed by atoms with E-state index in [1.165, 1.54) is 11.8 Å². The topological polar surface area (TPSA) is 162 Å². The zero-order valence-corrected chi connectivity index (χ0v) is 17.8. The van der Waals surface area contributed by atoms with Crippen molar-refractivity contribution in [3.63, 3.8) is 0 Å². The predicted octanol–water partition coefficient (Wildman–Crippen LogP) is -0.167. The molecule has 1 aliphatic rings. The maximum absolute atomic E-state index is 12.6. The maximum atomic E-state index is 12.6. The van der Waals surface area contributed by atoms with Gasteiger partial charge in [-0.15, -0.1) is 0 Å². The van der Waals surface area contributed by atoms with Gasteiger partial charge in [0, 0.05) is 24.7 Å². The maximum Gasteiger partial charge on any atom is 0.305 e. The van der Waals surface area contributed by atoms with Gasteiger partial charge in [-0.25, -0.2) is 0 Å². The summed E-state index contributed by atoms with van der Waals surface area (Å²) in [7, 11) is 0. The van der Waals surface area contributed by atoms with Crippen molar-refractivity contribution >= 4 is 41.6 Å². The molecule has 0 aliphatic carbocycles. The van der Waals surface area contributed by atoms with E-state index < -0.39 is 42.2 Å². The van der Waals surface area contributed by atoms with E-state index in [0.29, 0.717) is 42.5 Å². The number of aliphatic carboxylic acids is 1. The van der Waals surface area contributed by atoms with Crippen LogP contribution in [0.15, 0.2) is 18.2 Å². The highest BCUT2D eigenvalue weighted by atomic mass is 16.4. The van der Waals surface area contributed by atoms with E-state index in [0.717, 1.165) is 0 Å². The van der Waals surface area contributed by atoms with Crippen LogP contribution in [0.5, 0.6) is 0 Å². The van der Waals surface area contributed by atoms with Gasteiger partial charge in [0.05, 0.1) is 19.0 Å². The Hall–Kier alpha value is -3.76. The Labute approximate surface area is 184 Å². The van der Waals surface area contributed by atoms with Crippen molar-refractivity contribution in [3.05, 3.63) is 29.3 Å². The van der Waals surface area contributed by atoms with E-state index in [2.05, 4.69) is 16.0 Å². The Kier molecular flexibility index (Phi) is 8.45. The summed E-state index contributed by atoms with van der Waals surface area (Å²) >= 11 is 0. The van der Waals surface area contributed by atoms with Gasteiger partial charge in [0.2, 0.25) is 17.7 Å². The van der Waals surface area contributed by atoms with E-state index in [1.807, 2.05) is 0 Å². The van der Waals surface area contributed by atoms with Crippen LogP contribution in [0.1, 0.15) is 42.1 Å². The first-order valence-corrected chi connectivity index (χ1v) is 10.1. The number of nitrogens with zero attached hydrogens (tertiary/aromatic N) is 1. The molecule has 0 radical (unpaired) electrons. The van der Waals surface area contributed by atoms with Gasteiger partial charge in [0.15, 0.2) is 0 Å². The van der Waals surface area contributed by atoms with Crippen molar-refractivity contribution < 1.29 is 33.9 Å². The molecule has 4 amide bonds. The van der Waals surface area contributed by atoms with Crippen molar-refractivity contribution in [1.82, 2.24) is 15.5 Å². The van der Waals surface area contributed by atoms with Crippen LogP contribution in [0.3, 0.4) is 0 Å². The molecule has 2 rings (SSSR count). The minimum atomic E-state index is -1.23. The molecule has 2 atom stereocenters. The van der Waals surface area contributed by atoms with Gasteiger partial charge >= 0.3 is 5.97 Å². The fraction of sp³-hybridized carbons (Fsp3) is 0.429. The van der Waals surface area contributed by atoms with E-state index in [1.54, 1.807) is 25.1 Å². The van der Waals surface area contributed by atoms with E-state index in [9.17, 15) is 28.8 Å². The Balaban J connectivity index is 1.99. The Morgan fingerprint density at radius 1 is 1.25 bits per heavy atom. The highest BCUT2D eigenvalue weighted by molar-refractivity contribution is 6.00. The number of carbonyl (C=O) groups excluding carboxylic acids is 5. The Morgan fingerprint density at radius 3 is 2.59 bits per heavy atom. The van der Waals surface area contributed by atoms with Gasteiger partial charge in [0.25, 0.3) is 5.91 Å².